The molecule has 0 aromatic carbocycles. The lowest BCUT2D eigenvalue weighted by Crippen LogP contribution is -2.57. The fraction of sp³-hybridized carbons (Fsp3) is 0.952. The summed E-state index contributed by atoms with van der Waals surface area (Å²) in [7, 11) is 1.38. The fourth-order valence-electron chi connectivity index (χ4n) is 10.9. The Balaban J connectivity index is 1.47. The summed E-state index contributed by atoms with van der Waals surface area (Å²) in [6, 6.07) is -0.0825. The molecule has 0 aromatic heterocycles. The standard InChI is InChI=1S/C42H81N5O4/c1-9-32(46-25-13-24-45-22-11-10-21-44-23-12-20-43)27-31-28-37(48)39-34(41(31,5)6)18-19-42(7)33(15-16-35(39)42)30(4)14-17-38(49)47-36(26-29(2)3)40(50)51-8/h29-37,39,44-46,48H,9-28,43H2,1-8H3,(H,47,49)/t30-,31+,32+,33?,34?,35?,36+,37-,39?,42-/m1/s1. The predicted molar refractivity (Wildman–Crippen MR) is 210 cm³/mol. The van der Waals surface area contributed by atoms with Crippen LogP contribution < -0.4 is 27.0 Å². The molecule has 3 rings (SSSR count). The number of aliphatic hydroxyl groups excluding tert-OH is 1. The van der Waals surface area contributed by atoms with Gasteiger partial charge in [0.25, 0.3) is 0 Å². The molecule has 0 bridgehead atoms. The number of hydrogen-bond acceptors (Lipinski definition) is 8. The summed E-state index contributed by atoms with van der Waals surface area (Å²) in [4.78, 5) is 25.2. The minimum absolute atomic E-state index is 0.0536. The lowest BCUT2D eigenvalue weighted by molar-refractivity contribution is -0.151. The number of unbranched alkanes of at least 4 members (excludes halogenated alkanes) is 1. The van der Waals surface area contributed by atoms with Gasteiger partial charge in [0.15, 0.2) is 0 Å². The lowest BCUT2D eigenvalue weighted by Gasteiger charge is -2.60. The van der Waals surface area contributed by atoms with E-state index in [1.54, 1.807) is 0 Å². The summed E-state index contributed by atoms with van der Waals surface area (Å²) in [6.45, 7) is 22.3. The van der Waals surface area contributed by atoms with Crippen LogP contribution in [0.15, 0.2) is 0 Å². The number of ether oxygens (including phenoxy) is 1. The monoisotopic (exact) mass is 720 g/mol. The zero-order valence-electron chi connectivity index (χ0n) is 34.2. The van der Waals surface area contributed by atoms with Crippen molar-refractivity contribution in [1.82, 2.24) is 21.3 Å². The van der Waals surface area contributed by atoms with Crippen molar-refractivity contribution in [3.63, 3.8) is 0 Å². The second kappa shape index (κ2) is 21.6. The van der Waals surface area contributed by atoms with E-state index in [0.717, 1.165) is 77.8 Å². The van der Waals surface area contributed by atoms with Crippen LogP contribution in [0.3, 0.4) is 0 Å². The molecule has 3 fully saturated rings. The van der Waals surface area contributed by atoms with E-state index < -0.39 is 6.04 Å². The predicted octanol–water partition coefficient (Wildman–Crippen LogP) is 6.03. The maximum atomic E-state index is 13.0. The highest BCUT2D eigenvalue weighted by Crippen LogP contribution is 2.67. The first-order valence-electron chi connectivity index (χ1n) is 21.2. The third-order valence-electron chi connectivity index (χ3n) is 14.0. The molecule has 51 heavy (non-hydrogen) atoms. The van der Waals surface area contributed by atoms with E-state index in [1.165, 1.54) is 45.6 Å². The van der Waals surface area contributed by atoms with Crippen molar-refractivity contribution < 1.29 is 19.4 Å². The van der Waals surface area contributed by atoms with Crippen molar-refractivity contribution in [2.24, 2.45) is 58.0 Å². The number of aliphatic hydroxyl groups is 1. The summed E-state index contributed by atoms with van der Waals surface area (Å²) in [5.74, 6) is 2.84. The fourth-order valence-corrected chi connectivity index (χ4v) is 10.9. The molecule has 0 aromatic rings. The Bertz CT molecular complexity index is 1030. The molecule has 0 saturated heterocycles. The van der Waals surface area contributed by atoms with Gasteiger partial charge in [-0.1, -0.05) is 48.5 Å². The van der Waals surface area contributed by atoms with Crippen LogP contribution in [0.5, 0.6) is 0 Å². The summed E-state index contributed by atoms with van der Waals surface area (Å²) in [5.41, 5.74) is 5.96. The van der Waals surface area contributed by atoms with Gasteiger partial charge >= 0.3 is 5.97 Å². The van der Waals surface area contributed by atoms with Gasteiger partial charge in [-0.2, -0.15) is 0 Å². The SMILES string of the molecule is CC[C@@H](C[C@H]1C[C@@H](O)C2C(CC[C@@]3(C)C2CCC3[C@H](C)CCC(=O)N[C@@H](CC(C)C)C(=O)OC)C1(C)C)NCCCNCCCCNCCCN. The molecular formula is C42H81N5O4. The molecule has 10 atom stereocenters. The van der Waals surface area contributed by atoms with E-state index in [0.29, 0.717) is 54.4 Å². The topological polar surface area (TPSA) is 138 Å². The van der Waals surface area contributed by atoms with Crippen LogP contribution in [-0.4, -0.2) is 81.5 Å². The number of amides is 1. The molecule has 1 amide bonds. The van der Waals surface area contributed by atoms with E-state index in [2.05, 4.69) is 69.7 Å². The van der Waals surface area contributed by atoms with Crippen LogP contribution in [0.2, 0.25) is 0 Å². The molecule has 0 radical (unpaired) electrons. The Morgan fingerprint density at radius 1 is 0.922 bits per heavy atom. The third-order valence-corrected chi connectivity index (χ3v) is 14.0. The van der Waals surface area contributed by atoms with Crippen molar-refractivity contribution in [2.75, 3.05) is 46.4 Å². The number of carbonyl (C=O) groups is 2. The first-order chi connectivity index (χ1) is 24.3. The van der Waals surface area contributed by atoms with Gasteiger partial charge in [0, 0.05) is 12.5 Å². The molecule has 0 spiro atoms. The van der Waals surface area contributed by atoms with Crippen LogP contribution in [-0.2, 0) is 14.3 Å². The van der Waals surface area contributed by atoms with Crippen molar-refractivity contribution in [1.29, 1.82) is 0 Å². The summed E-state index contributed by atoms with van der Waals surface area (Å²) in [5, 5.41) is 25.8. The van der Waals surface area contributed by atoms with E-state index in [4.69, 9.17) is 10.5 Å². The second-order valence-electron chi connectivity index (χ2n) is 18.1. The Morgan fingerprint density at radius 3 is 2.22 bits per heavy atom. The van der Waals surface area contributed by atoms with E-state index in [1.807, 2.05) is 0 Å². The van der Waals surface area contributed by atoms with Gasteiger partial charge in [0.1, 0.15) is 6.04 Å². The zero-order valence-corrected chi connectivity index (χ0v) is 34.2. The van der Waals surface area contributed by atoms with Crippen LogP contribution in [0, 0.1) is 52.3 Å². The Kier molecular flexibility index (Phi) is 18.7. The lowest BCUT2D eigenvalue weighted by atomic mass is 9.46. The van der Waals surface area contributed by atoms with Crippen LogP contribution in [0.25, 0.3) is 0 Å². The minimum atomic E-state index is -0.577. The van der Waals surface area contributed by atoms with Crippen molar-refractivity contribution in [2.45, 2.75) is 157 Å². The summed E-state index contributed by atoms with van der Waals surface area (Å²) in [6.07, 6.45) is 14.2. The normalized spacial score (nSPS) is 30.3. The molecule has 4 unspecified atom stereocenters. The Labute approximate surface area is 312 Å². The van der Waals surface area contributed by atoms with Gasteiger partial charge in [0.05, 0.1) is 13.2 Å². The van der Waals surface area contributed by atoms with Crippen molar-refractivity contribution in [3.8, 4) is 0 Å². The number of nitrogens with one attached hydrogen (secondary N) is 4. The number of rotatable bonds is 24. The molecule has 0 heterocycles. The third kappa shape index (κ3) is 12.4. The molecule has 3 aliphatic rings. The van der Waals surface area contributed by atoms with Gasteiger partial charge in [0.2, 0.25) is 5.91 Å². The Morgan fingerprint density at radius 2 is 1.59 bits per heavy atom. The highest BCUT2D eigenvalue weighted by atomic mass is 16.5. The Hall–Kier alpha value is -1.26. The molecule has 3 saturated carbocycles. The highest BCUT2D eigenvalue weighted by Gasteiger charge is 2.61. The number of esters is 1. The summed E-state index contributed by atoms with van der Waals surface area (Å²) >= 11 is 0. The quantitative estimate of drug-likeness (QED) is 0.0526. The molecule has 7 N–H and O–H groups in total. The minimum Gasteiger partial charge on any atom is -0.467 e. The van der Waals surface area contributed by atoms with E-state index in [-0.39, 0.29) is 34.7 Å². The highest BCUT2D eigenvalue weighted by molar-refractivity contribution is 5.84. The smallest absolute Gasteiger partial charge is 0.328 e. The maximum Gasteiger partial charge on any atom is 0.328 e. The second-order valence-corrected chi connectivity index (χ2v) is 18.1. The van der Waals surface area contributed by atoms with E-state index >= 15 is 0 Å². The molecule has 0 aliphatic heterocycles. The zero-order chi connectivity index (χ0) is 37.6. The van der Waals surface area contributed by atoms with Gasteiger partial charge in [-0.05, 0) is 175 Å². The van der Waals surface area contributed by atoms with Crippen molar-refractivity contribution in [3.05, 3.63) is 0 Å². The van der Waals surface area contributed by atoms with Gasteiger partial charge in [-0.3, -0.25) is 4.79 Å². The van der Waals surface area contributed by atoms with E-state index in [9.17, 15) is 14.7 Å². The molecule has 298 valence electrons. The van der Waals surface area contributed by atoms with Gasteiger partial charge in [-0.25, -0.2) is 4.79 Å². The number of fused-ring (bicyclic) bond motifs is 3. The maximum absolute atomic E-state index is 13.0. The number of nitrogens with two attached hydrogens (primary N) is 1. The van der Waals surface area contributed by atoms with Crippen molar-refractivity contribution >= 4 is 11.9 Å². The first kappa shape index (κ1) is 44.1. The van der Waals surface area contributed by atoms with Crippen LogP contribution in [0.4, 0.5) is 0 Å². The number of methoxy groups -OCH3 is 1. The average Bonchev–Trinajstić information content (AvgIpc) is 3.45. The molecule has 9 heteroatoms. The average molecular weight is 720 g/mol. The molecule has 9 nitrogen and oxygen atoms in total. The summed E-state index contributed by atoms with van der Waals surface area (Å²) < 4.78 is 4.95. The first-order valence-corrected chi connectivity index (χ1v) is 21.2. The number of hydrogen-bond donors (Lipinski definition) is 6. The molecular weight excluding hydrogens is 638 g/mol. The molecule has 3 aliphatic carbocycles. The largest absolute Gasteiger partial charge is 0.467 e. The van der Waals surface area contributed by atoms with Gasteiger partial charge in [-0.15, -0.1) is 0 Å². The van der Waals surface area contributed by atoms with Crippen LogP contribution in [0.1, 0.15) is 138 Å². The number of carbonyl (C=O) groups excluding carboxylic acids is 2. The van der Waals surface area contributed by atoms with Crippen LogP contribution >= 0.6 is 0 Å². The van der Waals surface area contributed by atoms with Gasteiger partial charge < -0.3 is 36.8 Å².